The van der Waals surface area contributed by atoms with Crippen LogP contribution in [-0.4, -0.2) is 65.1 Å². The van der Waals surface area contributed by atoms with Crippen LogP contribution in [0.4, 0.5) is 0 Å². The van der Waals surface area contributed by atoms with E-state index in [2.05, 4.69) is 0 Å². The Labute approximate surface area is 197 Å². The summed E-state index contributed by atoms with van der Waals surface area (Å²) in [5.41, 5.74) is -0.684. The molecule has 0 aliphatic carbocycles. The van der Waals surface area contributed by atoms with E-state index in [0.717, 1.165) is 0 Å². The molecular formula is C25H30O9. The van der Waals surface area contributed by atoms with Gasteiger partial charge in [0.05, 0.1) is 36.7 Å². The van der Waals surface area contributed by atoms with E-state index < -0.39 is 23.5 Å². The average molecular weight is 475 g/mol. The van der Waals surface area contributed by atoms with Crippen molar-refractivity contribution in [3.05, 3.63) is 59.7 Å². The molecule has 2 unspecified atom stereocenters. The Morgan fingerprint density at radius 1 is 1.06 bits per heavy atom. The van der Waals surface area contributed by atoms with Crippen molar-refractivity contribution in [1.29, 1.82) is 0 Å². The molecule has 34 heavy (non-hydrogen) atoms. The van der Waals surface area contributed by atoms with E-state index in [1.165, 1.54) is 32.0 Å². The summed E-state index contributed by atoms with van der Waals surface area (Å²) in [7, 11) is 0. The second kappa shape index (κ2) is 12.8. The molecule has 2 rings (SSSR count). The van der Waals surface area contributed by atoms with E-state index in [9.17, 15) is 24.6 Å². The van der Waals surface area contributed by atoms with Crippen LogP contribution < -0.4 is 4.74 Å². The zero-order valence-corrected chi connectivity index (χ0v) is 19.2. The molecule has 0 aromatic heterocycles. The number of aromatic hydroxyl groups is 1. The number of esters is 2. The summed E-state index contributed by atoms with van der Waals surface area (Å²) in [4.78, 5) is 36.7. The molecule has 0 fully saturated rings. The van der Waals surface area contributed by atoms with Crippen molar-refractivity contribution < 1.29 is 43.9 Å². The van der Waals surface area contributed by atoms with Gasteiger partial charge in [0.2, 0.25) is 0 Å². The van der Waals surface area contributed by atoms with E-state index >= 15 is 0 Å². The van der Waals surface area contributed by atoms with Gasteiger partial charge in [-0.15, -0.1) is 0 Å². The zero-order valence-electron chi connectivity index (χ0n) is 19.2. The van der Waals surface area contributed by atoms with Crippen molar-refractivity contribution in [3.8, 4) is 11.5 Å². The summed E-state index contributed by atoms with van der Waals surface area (Å²) < 4.78 is 15.4. The SMILES string of the molecule is CC(CC(=O)OCCOCC(C)(O)CCO)C(=O)Oc1ccc(C(=O)c2ccccc2)c(O)c1. The van der Waals surface area contributed by atoms with Gasteiger partial charge in [-0.1, -0.05) is 37.3 Å². The first-order valence-electron chi connectivity index (χ1n) is 10.8. The van der Waals surface area contributed by atoms with Gasteiger partial charge in [-0.2, -0.15) is 0 Å². The van der Waals surface area contributed by atoms with Crippen LogP contribution in [-0.2, 0) is 19.1 Å². The van der Waals surface area contributed by atoms with Crippen molar-refractivity contribution in [2.24, 2.45) is 5.92 Å². The Kier molecular flexibility index (Phi) is 10.2. The maximum absolute atomic E-state index is 12.5. The van der Waals surface area contributed by atoms with Crippen LogP contribution in [0, 0.1) is 5.92 Å². The van der Waals surface area contributed by atoms with E-state index in [-0.39, 0.29) is 62.1 Å². The normalized spacial score (nSPS) is 13.5. The Hall–Kier alpha value is -3.27. The van der Waals surface area contributed by atoms with Crippen LogP contribution >= 0.6 is 0 Å². The lowest BCUT2D eigenvalue weighted by Gasteiger charge is -2.21. The number of ketones is 1. The van der Waals surface area contributed by atoms with Gasteiger partial charge in [0.25, 0.3) is 0 Å². The lowest BCUT2D eigenvalue weighted by Crippen LogP contribution is -2.32. The first-order chi connectivity index (χ1) is 16.1. The molecule has 0 amide bonds. The number of ether oxygens (including phenoxy) is 3. The predicted octanol–water partition coefficient (Wildman–Crippen LogP) is 2.25. The fourth-order valence-corrected chi connectivity index (χ4v) is 2.94. The first-order valence-corrected chi connectivity index (χ1v) is 10.8. The Balaban J connectivity index is 1.79. The van der Waals surface area contributed by atoms with Crippen molar-refractivity contribution in [3.63, 3.8) is 0 Å². The minimum Gasteiger partial charge on any atom is -0.507 e. The van der Waals surface area contributed by atoms with Crippen molar-refractivity contribution in [2.75, 3.05) is 26.4 Å². The lowest BCUT2D eigenvalue weighted by atomic mass is 10.0. The van der Waals surface area contributed by atoms with E-state index in [0.29, 0.717) is 5.56 Å². The molecule has 184 valence electrons. The standard InChI is InChI=1S/C25H30O9/c1-17(14-22(28)33-13-12-32-16-25(2,31)10-11-26)24(30)34-19-8-9-20(21(27)15-19)23(29)18-6-4-3-5-7-18/h3-9,15,17,26-27,31H,10-14,16H2,1-2H3. The quantitative estimate of drug-likeness (QED) is 0.173. The van der Waals surface area contributed by atoms with Gasteiger partial charge < -0.3 is 29.5 Å². The number of benzene rings is 2. The van der Waals surface area contributed by atoms with Gasteiger partial charge in [-0.05, 0) is 19.1 Å². The summed E-state index contributed by atoms with van der Waals surface area (Å²) in [6.45, 7) is 2.83. The van der Waals surface area contributed by atoms with Gasteiger partial charge in [0, 0.05) is 24.7 Å². The highest BCUT2D eigenvalue weighted by molar-refractivity contribution is 6.10. The monoisotopic (exact) mass is 474 g/mol. The zero-order chi connectivity index (χ0) is 25.1. The highest BCUT2D eigenvalue weighted by atomic mass is 16.6. The van der Waals surface area contributed by atoms with Gasteiger partial charge in [0.1, 0.15) is 18.1 Å². The molecule has 2 atom stereocenters. The molecule has 0 bridgehead atoms. The number of carbonyl (C=O) groups is 3. The average Bonchev–Trinajstić information content (AvgIpc) is 2.79. The van der Waals surface area contributed by atoms with E-state index in [1.807, 2.05) is 0 Å². The third-order valence-electron chi connectivity index (χ3n) is 4.90. The molecule has 0 aliphatic heterocycles. The molecule has 0 heterocycles. The van der Waals surface area contributed by atoms with Crippen LogP contribution in [0.1, 0.15) is 42.6 Å². The molecule has 0 spiro atoms. The maximum Gasteiger partial charge on any atom is 0.314 e. The van der Waals surface area contributed by atoms with Crippen LogP contribution in [0.2, 0.25) is 0 Å². The summed E-state index contributed by atoms with van der Waals surface area (Å²) in [6, 6.07) is 12.4. The van der Waals surface area contributed by atoms with Gasteiger partial charge in [0.15, 0.2) is 5.78 Å². The van der Waals surface area contributed by atoms with Crippen LogP contribution in [0.3, 0.4) is 0 Å². The fourth-order valence-electron chi connectivity index (χ4n) is 2.94. The van der Waals surface area contributed by atoms with Crippen LogP contribution in [0.5, 0.6) is 11.5 Å². The molecule has 9 nitrogen and oxygen atoms in total. The van der Waals surface area contributed by atoms with Crippen LogP contribution in [0.15, 0.2) is 48.5 Å². The van der Waals surface area contributed by atoms with Crippen molar-refractivity contribution in [1.82, 2.24) is 0 Å². The molecule has 0 saturated heterocycles. The molecule has 0 saturated carbocycles. The first kappa shape index (κ1) is 27.0. The molecule has 9 heteroatoms. The van der Waals surface area contributed by atoms with Gasteiger partial charge >= 0.3 is 11.9 Å². The van der Waals surface area contributed by atoms with E-state index in [1.54, 1.807) is 30.3 Å². The third kappa shape index (κ3) is 8.58. The minimum atomic E-state index is -1.17. The third-order valence-corrected chi connectivity index (χ3v) is 4.90. The maximum atomic E-state index is 12.5. The molecule has 2 aromatic rings. The summed E-state index contributed by atoms with van der Waals surface area (Å²) >= 11 is 0. The predicted molar refractivity (Wildman–Crippen MR) is 122 cm³/mol. The molecule has 0 radical (unpaired) electrons. The number of phenolic OH excluding ortho intramolecular Hbond substituents is 1. The van der Waals surface area contributed by atoms with Gasteiger partial charge in [-0.25, -0.2) is 0 Å². The molecule has 3 N–H and O–H groups in total. The minimum absolute atomic E-state index is 0.0174. The topological polar surface area (TPSA) is 140 Å². The number of aliphatic hydroxyl groups excluding tert-OH is 1. The smallest absolute Gasteiger partial charge is 0.314 e. The van der Waals surface area contributed by atoms with Crippen LogP contribution in [0.25, 0.3) is 0 Å². The number of carbonyl (C=O) groups excluding carboxylic acids is 3. The largest absolute Gasteiger partial charge is 0.507 e. The molecular weight excluding hydrogens is 444 g/mol. The van der Waals surface area contributed by atoms with E-state index in [4.69, 9.17) is 19.3 Å². The Morgan fingerprint density at radius 2 is 1.76 bits per heavy atom. The highest BCUT2D eigenvalue weighted by Gasteiger charge is 2.22. The lowest BCUT2D eigenvalue weighted by molar-refractivity contribution is -0.151. The fraction of sp³-hybridized carbons (Fsp3) is 0.400. The number of rotatable bonds is 13. The number of hydrogen-bond donors (Lipinski definition) is 3. The Bertz CT molecular complexity index is 970. The van der Waals surface area contributed by atoms with Gasteiger partial charge in [-0.3, -0.25) is 14.4 Å². The second-order valence-corrected chi connectivity index (χ2v) is 8.14. The molecule has 0 aliphatic rings. The summed E-state index contributed by atoms with van der Waals surface area (Å²) in [5, 5.41) is 28.9. The number of aliphatic hydroxyl groups is 2. The highest BCUT2D eigenvalue weighted by Crippen LogP contribution is 2.26. The second-order valence-electron chi connectivity index (χ2n) is 8.14. The number of phenols is 1. The number of hydrogen-bond acceptors (Lipinski definition) is 9. The summed E-state index contributed by atoms with van der Waals surface area (Å²) in [5.74, 6) is -2.80. The van der Waals surface area contributed by atoms with Crippen molar-refractivity contribution >= 4 is 17.7 Å². The summed E-state index contributed by atoms with van der Waals surface area (Å²) in [6.07, 6.45) is -0.0616. The molecule has 2 aromatic carbocycles. The van der Waals surface area contributed by atoms with Crippen molar-refractivity contribution in [2.45, 2.75) is 32.3 Å². The Morgan fingerprint density at radius 3 is 2.41 bits per heavy atom.